The first-order valence-electron chi connectivity index (χ1n) is 8.41. The van der Waals surface area contributed by atoms with Crippen molar-refractivity contribution in [3.05, 3.63) is 53.6 Å². The monoisotopic (exact) mass is 361 g/mol. The van der Waals surface area contributed by atoms with E-state index < -0.39 is 11.6 Å². The first-order valence-corrected chi connectivity index (χ1v) is 9.40. The van der Waals surface area contributed by atoms with Crippen LogP contribution in [0, 0.1) is 25.5 Å². The van der Waals surface area contributed by atoms with Gasteiger partial charge in [0.2, 0.25) is 0 Å². The molecular weight excluding hydrogens is 340 g/mol. The Hall–Kier alpha value is -1.95. The molecule has 3 aromatic rings. The normalized spacial score (nSPS) is 11.4. The van der Waals surface area contributed by atoms with Crippen LogP contribution in [0.25, 0.3) is 11.0 Å². The molecule has 0 unspecified atom stereocenters. The summed E-state index contributed by atoms with van der Waals surface area (Å²) in [6.45, 7) is 5.00. The summed E-state index contributed by atoms with van der Waals surface area (Å²) < 4.78 is 28.7. The third-order valence-electron chi connectivity index (χ3n) is 4.20. The molecule has 0 aliphatic carbocycles. The van der Waals surface area contributed by atoms with Gasteiger partial charge in [0.25, 0.3) is 0 Å². The van der Waals surface area contributed by atoms with Gasteiger partial charge in [-0.1, -0.05) is 6.42 Å². The molecule has 2 heterocycles. The number of nitrogens with zero attached hydrogens (tertiary/aromatic N) is 3. The number of hydrogen-bond donors (Lipinski definition) is 0. The summed E-state index contributed by atoms with van der Waals surface area (Å²) in [5.41, 5.74) is 3.25. The Balaban J connectivity index is 1.48. The standard InChI is InChI=1S/C19H21F2N3S/c1-13-11-22-12-17-19(13)24(14(2)23-17)8-4-3-5-9-25-18-7-6-15(20)10-16(18)21/h6-7,10-12H,3-5,8-9H2,1-2H3. The van der Waals surface area contributed by atoms with Crippen LogP contribution in [-0.2, 0) is 6.54 Å². The zero-order valence-electron chi connectivity index (χ0n) is 14.4. The van der Waals surface area contributed by atoms with E-state index in [1.807, 2.05) is 13.1 Å². The molecule has 3 nitrogen and oxygen atoms in total. The van der Waals surface area contributed by atoms with Crippen molar-refractivity contribution >= 4 is 22.8 Å². The number of halogens is 2. The highest BCUT2D eigenvalue weighted by atomic mass is 32.2. The molecule has 0 amide bonds. The summed E-state index contributed by atoms with van der Waals surface area (Å²) in [6, 6.07) is 3.75. The number of aryl methyl sites for hydroxylation is 3. The largest absolute Gasteiger partial charge is 0.328 e. The van der Waals surface area contributed by atoms with E-state index in [2.05, 4.69) is 21.5 Å². The lowest BCUT2D eigenvalue weighted by atomic mass is 10.2. The van der Waals surface area contributed by atoms with Gasteiger partial charge >= 0.3 is 0 Å². The summed E-state index contributed by atoms with van der Waals surface area (Å²) in [7, 11) is 0. The van der Waals surface area contributed by atoms with Crippen molar-refractivity contribution in [1.29, 1.82) is 0 Å². The van der Waals surface area contributed by atoms with Crippen LogP contribution in [0.3, 0.4) is 0 Å². The van der Waals surface area contributed by atoms with Crippen LogP contribution in [0.5, 0.6) is 0 Å². The predicted octanol–water partition coefficient (Wildman–Crippen LogP) is 5.29. The van der Waals surface area contributed by atoms with E-state index in [1.54, 1.807) is 6.20 Å². The van der Waals surface area contributed by atoms with Crippen molar-refractivity contribution in [2.75, 3.05) is 5.75 Å². The molecule has 1 aromatic carbocycles. The molecule has 0 atom stereocenters. The molecule has 25 heavy (non-hydrogen) atoms. The van der Waals surface area contributed by atoms with Crippen LogP contribution in [0.2, 0.25) is 0 Å². The average molecular weight is 361 g/mol. The summed E-state index contributed by atoms with van der Waals surface area (Å²) in [4.78, 5) is 9.28. The highest BCUT2D eigenvalue weighted by molar-refractivity contribution is 7.99. The molecule has 0 aliphatic heterocycles. The Labute approximate surface area is 150 Å². The molecule has 0 saturated heterocycles. The second kappa shape index (κ2) is 7.95. The lowest BCUT2D eigenvalue weighted by Crippen LogP contribution is -2.02. The number of pyridine rings is 1. The molecule has 0 spiro atoms. The molecule has 0 aliphatic rings. The number of aromatic nitrogens is 3. The van der Waals surface area contributed by atoms with Crippen molar-refractivity contribution in [3.63, 3.8) is 0 Å². The minimum atomic E-state index is -0.532. The van der Waals surface area contributed by atoms with Gasteiger partial charge in [0.1, 0.15) is 23.0 Å². The SMILES string of the molecule is Cc1cncc2nc(C)n(CCCCCSc3ccc(F)cc3F)c12. The molecule has 2 aromatic heterocycles. The van der Waals surface area contributed by atoms with Crippen LogP contribution >= 0.6 is 11.8 Å². The molecule has 6 heteroatoms. The number of imidazole rings is 1. The van der Waals surface area contributed by atoms with Crippen molar-refractivity contribution in [2.45, 2.75) is 44.6 Å². The summed E-state index contributed by atoms with van der Waals surface area (Å²) in [6.07, 6.45) is 6.76. The van der Waals surface area contributed by atoms with Gasteiger partial charge in [-0.2, -0.15) is 0 Å². The summed E-state index contributed by atoms with van der Waals surface area (Å²) in [5, 5.41) is 0. The number of hydrogen-bond acceptors (Lipinski definition) is 3. The van der Waals surface area contributed by atoms with Gasteiger partial charge in [-0.15, -0.1) is 11.8 Å². The second-order valence-corrected chi connectivity index (χ2v) is 7.26. The van der Waals surface area contributed by atoms with Gasteiger partial charge in [-0.25, -0.2) is 13.8 Å². The van der Waals surface area contributed by atoms with E-state index >= 15 is 0 Å². The van der Waals surface area contributed by atoms with Gasteiger partial charge in [-0.3, -0.25) is 4.98 Å². The van der Waals surface area contributed by atoms with E-state index in [1.165, 1.54) is 23.9 Å². The van der Waals surface area contributed by atoms with E-state index in [0.29, 0.717) is 4.90 Å². The van der Waals surface area contributed by atoms with Crippen LogP contribution in [0.15, 0.2) is 35.5 Å². The maximum Gasteiger partial charge on any atom is 0.139 e. The van der Waals surface area contributed by atoms with Crippen LogP contribution in [-0.4, -0.2) is 20.3 Å². The number of fused-ring (bicyclic) bond motifs is 1. The molecular formula is C19H21F2N3S. The summed E-state index contributed by atoms with van der Waals surface area (Å²) in [5.74, 6) is 0.827. The zero-order valence-corrected chi connectivity index (χ0v) is 15.2. The van der Waals surface area contributed by atoms with E-state index in [4.69, 9.17) is 0 Å². The highest BCUT2D eigenvalue weighted by Gasteiger charge is 2.09. The van der Waals surface area contributed by atoms with E-state index in [0.717, 1.165) is 60.0 Å². The number of rotatable bonds is 7. The Kier molecular flexibility index (Phi) is 5.68. The fourth-order valence-electron chi connectivity index (χ4n) is 2.97. The van der Waals surface area contributed by atoms with E-state index in [9.17, 15) is 8.78 Å². The fourth-order valence-corrected chi connectivity index (χ4v) is 3.90. The van der Waals surface area contributed by atoms with Crippen LogP contribution < -0.4 is 0 Å². The quantitative estimate of drug-likeness (QED) is 0.423. The third kappa shape index (κ3) is 4.18. The Morgan fingerprint density at radius 3 is 2.72 bits per heavy atom. The number of benzene rings is 1. The average Bonchev–Trinajstić information content (AvgIpc) is 2.89. The minimum Gasteiger partial charge on any atom is -0.328 e. The fraction of sp³-hybridized carbons (Fsp3) is 0.368. The minimum absolute atomic E-state index is 0.477. The first-order chi connectivity index (χ1) is 12.1. The Bertz CT molecular complexity index is 876. The first kappa shape index (κ1) is 17.9. The molecule has 0 N–H and O–H groups in total. The lowest BCUT2D eigenvalue weighted by molar-refractivity contribution is 0.565. The topological polar surface area (TPSA) is 30.7 Å². The van der Waals surface area contributed by atoms with Gasteiger partial charge in [0, 0.05) is 23.7 Å². The molecule has 0 radical (unpaired) electrons. The van der Waals surface area contributed by atoms with Crippen LogP contribution in [0.4, 0.5) is 8.78 Å². The molecule has 0 fully saturated rings. The predicted molar refractivity (Wildman–Crippen MR) is 97.9 cm³/mol. The smallest absolute Gasteiger partial charge is 0.139 e. The molecule has 0 saturated carbocycles. The third-order valence-corrected chi connectivity index (χ3v) is 5.34. The molecule has 0 bridgehead atoms. The van der Waals surface area contributed by atoms with Gasteiger partial charge in [0.15, 0.2) is 0 Å². The highest BCUT2D eigenvalue weighted by Crippen LogP contribution is 2.24. The van der Waals surface area contributed by atoms with Crippen molar-refractivity contribution in [3.8, 4) is 0 Å². The second-order valence-electron chi connectivity index (χ2n) is 6.12. The van der Waals surface area contributed by atoms with Crippen molar-refractivity contribution in [2.24, 2.45) is 0 Å². The number of thioether (sulfide) groups is 1. The van der Waals surface area contributed by atoms with Crippen molar-refractivity contribution in [1.82, 2.24) is 14.5 Å². The van der Waals surface area contributed by atoms with Gasteiger partial charge < -0.3 is 4.57 Å². The molecule has 3 rings (SSSR count). The Morgan fingerprint density at radius 2 is 1.92 bits per heavy atom. The number of unbranched alkanes of at least 4 members (excludes halogenated alkanes) is 2. The zero-order chi connectivity index (χ0) is 17.8. The maximum atomic E-state index is 13.6. The Morgan fingerprint density at radius 1 is 1.08 bits per heavy atom. The van der Waals surface area contributed by atoms with Crippen molar-refractivity contribution < 1.29 is 8.78 Å². The molecule has 132 valence electrons. The van der Waals surface area contributed by atoms with Gasteiger partial charge in [0.05, 0.1) is 11.7 Å². The van der Waals surface area contributed by atoms with Gasteiger partial charge in [-0.05, 0) is 50.1 Å². The summed E-state index contributed by atoms with van der Waals surface area (Å²) >= 11 is 1.44. The maximum absolute atomic E-state index is 13.6. The lowest BCUT2D eigenvalue weighted by Gasteiger charge is -2.08. The van der Waals surface area contributed by atoms with Crippen LogP contribution in [0.1, 0.15) is 30.7 Å². The van der Waals surface area contributed by atoms with E-state index in [-0.39, 0.29) is 0 Å².